The Kier molecular flexibility index (Phi) is 24.1. The summed E-state index contributed by atoms with van der Waals surface area (Å²) in [5, 5.41) is 7.65. The van der Waals surface area contributed by atoms with Gasteiger partial charge in [-0.15, -0.1) is 0 Å². The zero-order valence-corrected chi connectivity index (χ0v) is 50.6. The quantitative estimate of drug-likeness (QED) is 0.0824. The maximum atomic E-state index is 14.8. The van der Waals surface area contributed by atoms with Gasteiger partial charge in [0, 0.05) is 97.7 Å². The molecule has 5 aliphatic rings. The van der Waals surface area contributed by atoms with Crippen LogP contribution in [0.1, 0.15) is 143 Å². The third kappa shape index (κ3) is 16.1. The molecule has 21 heteroatoms. The standard InChI is InChI=1S/C61H94N8O13/c1-12-41(6)55(47(79-10)37-51(73)67-31-18-23-46(67)56(80-11)42(7)57(75)63-61(60(78)69-33-16-17-36-81-69)38-45(61)43-21-14-13-15-22-43)65(9)59(77)53(39(2)3)62-58(76)54(40(4)5)64(8)30-20-25-52(74)82-44-28-34-66(35-29-44)48(70)24-19-32-68-49(71)26-27-50(68)72/h13-15,21-22,26-27,39-42,44-47,53-56H,12,16-20,23-25,28-38H2,1-11H3,(H,62,76)(H,63,75)/t41?,42?,45-,46+,47?,53?,54?,55?,56?,61+/m1/s1. The fourth-order valence-electron chi connectivity index (χ4n) is 12.7. The minimum absolute atomic E-state index is 0.0513. The number of hydrogen-bond acceptors (Lipinski definition) is 14. The third-order valence-corrected chi connectivity index (χ3v) is 17.6. The Bertz CT molecular complexity index is 2390. The lowest BCUT2D eigenvalue weighted by Gasteiger charge is -2.41. The number of nitrogens with one attached hydrogen (secondary N) is 2. The Morgan fingerprint density at radius 2 is 1.48 bits per heavy atom. The number of amides is 8. The van der Waals surface area contributed by atoms with Crippen molar-refractivity contribution in [3.8, 4) is 0 Å². The van der Waals surface area contributed by atoms with Crippen LogP contribution in [0.2, 0.25) is 0 Å². The molecule has 2 N–H and O–H groups in total. The number of methoxy groups -OCH3 is 2. The Morgan fingerprint density at radius 1 is 0.793 bits per heavy atom. The summed E-state index contributed by atoms with van der Waals surface area (Å²) in [6.07, 6.45) is 6.86. The largest absolute Gasteiger partial charge is 0.462 e. The van der Waals surface area contributed by atoms with Crippen molar-refractivity contribution in [2.24, 2.45) is 23.7 Å². The minimum atomic E-state index is -1.17. The van der Waals surface area contributed by atoms with Gasteiger partial charge in [-0.25, -0.2) is 5.06 Å². The highest BCUT2D eigenvalue weighted by molar-refractivity contribution is 6.12. The van der Waals surface area contributed by atoms with Gasteiger partial charge >= 0.3 is 5.97 Å². The first kappa shape index (κ1) is 65.4. The molecule has 1 aromatic carbocycles. The number of likely N-dealkylation sites (tertiary alicyclic amines) is 2. The molecule has 21 nitrogen and oxygen atoms in total. The van der Waals surface area contributed by atoms with Gasteiger partial charge in [0.05, 0.1) is 49.3 Å². The lowest BCUT2D eigenvalue weighted by Crippen LogP contribution is -2.60. The Labute approximate surface area is 485 Å². The Hall–Kier alpha value is -5.77. The van der Waals surface area contributed by atoms with E-state index in [4.69, 9.17) is 19.0 Å². The maximum absolute atomic E-state index is 14.8. The number of imide groups is 1. The first-order valence-corrected chi connectivity index (χ1v) is 30.0. The summed E-state index contributed by atoms with van der Waals surface area (Å²) in [7, 11) is 6.61. The van der Waals surface area contributed by atoms with Crippen LogP contribution in [0.25, 0.3) is 0 Å². The van der Waals surface area contributed by atoms with Crippen LogP contribution in [0.15, 0.2) is 42.5 Å². The summed E-state index contributed by atoms with van der Waals surface area (Å²) in [5.41, 5.74) is -0.216. The number of benzene rings is 1. The highest BCUT2D eigenvalue weighted by atomic mass is 16.7. The summed E-state index contributed by atoms with van der Waals surface area (Å²) < 4.78 is 18.0. The van der Waals surface area contributed by atoms with E-state index in [1.54, 1.807) is 35.8 Å². The predicted octanol–water partition coefficient (Wildman–Crippen LogP) is 4.62. The normalized spacial score (nSPS) is 22.9. The second-order valence-electron chi connectivity index (χ2n) is 24.0. The van der Waals surface area contributed by atoms with Crippen LogP contribution in [0.5, 0.6) is 0 Å². The van der Waals surface area contributed by atoms with Crippen molar-refractivity contribution in [1.29, 1.82) is 0 Å². The minimum Gasteiger partial charge on any atom is -0.462 e. The molecule has 3 saturated heterocycles. The monoisotopic (exact) mass is 1150 g/mol. The molecule has 7 unspecified atom stereocenters. The van der Waals surface area contributed by atoms with Gasteiger partial charge < -0.3 is 39.5 Å². The van der Waals surface area contributed by atoms with Crippen molar-refractivity contribution in [1.82, 2.24) is 40.2 Å². The number of carbonyl (C=O) groups excluding carboxylic acids is 9. The average molecular weight is 1150 g/mol. The summed E-state index contributed by atoms with van der Waals surface area (Å²) in [6, 6.07) is 7.15. The highest BCUT2D eigenvalue weighted by Gasteiger charge is 2.64. The number of hydrogen-bond donors (Lipinski definition) is 2. The molecule has 10 atom stereocenters. The zero-order chi connectivity index (χ0) is 60.0. The van der Waals surface area contributed by atoms with Gasteiger partial charge in [-0.3, -0.25) is 57.8 Å². The molecule has 0 aromatic heterocycles. The number of ether oxygens (including phenoxy) is 3. The average Bonchev–Trinajstić information content (AvgIpc) is 2.18. The SMILES string of the molecule is CCC(C)C(C(CC(=O)N1CCC[C@H]1C(OC)C(C)C(=O)N[C@@]1(C(=O)N2CCCCO2)C[C@@H]1c1ccccc1)OC)N(C)C(=O)C(NC(=O)C(C(C)C)N(C)CCCC(=O)OC1CCN(C(=O)CCCN2C(=O)C=CC2=O)CC1)C(C)C. The van der Waals surface area contributed by atoms with Crippen molar-refractivity contribution in [2.75, 3.05) is 74.2 Å². The van der Waals surface area contributed by atoms with Gasteiger partial charge in [-0.2, -0.15) is 0 Å². The smallest absolute Gasteiger partial charge is 0.306 e. The maximum Gasteiger partial charge on any atom is 0.306 e. The molecule has 0 bridgehead atoms. The topological polar surface area (TPSA) is 234 Å². The third-order valence-electron chi connectivity index (χ3n) is 17.6. The van der Waals surface area contributed by atoms with Crippen LogP contribution < -0.4 is 10.6 Å². The first-order valence-electron chi connectivity index (χ1n) is 30.0. The Morgan fingerprint density at radius 3 is 2.07 bits per heavy atom. The van der Waals surface area contributed by atoms with Gasteiger partial charge in [0.2, 0.25) is 29.5 Å². The molecule has 4 heterocycles. The molecule has 0 radical (unpaired) electrons. The van der Waals surface area contributed by atoms with Crippen molar-refractivity contribution in [3.63, 3.8) is 0 Å². The van der Waals surface area contributed by atoms with E-state index in [0.717, 1.165) is 23.3 Å². The van der Waals surface area contributed by atoms with E-state index >= 15 is 0 Å². The van der Waals surface area contributed by atoms with E-state index in [1.807, 2.05) is 83.8 Å². The number of likely N-dealkylation sites (N-methyl/N-ethyl adjacent to an activating group) is 2. The Balaban J connectivity index is 1.01. The molecule has 4 fully saturated rings. The molecule has 82 heavy (non-hydrogen) atoms. The van der Waals surface area contributed by atoms with E-state index in [-0.39, 0.29) is 109 Å². The lowest BCUT2D eigenvalue weighted by atomic mass is 9.89. The number of rotatable bonds is 29. The highest BCUT2D eigenvalue weighted by Crippen LogP contribution is 2.53. The summed E-state index contributed by atoms with van der Waals surface area (Å²) >= 11 is 0. The number of carbonyl (C=O) groups is 9. The number of nitrogens with zero attached hydrogens (tertiary/aromatic N) is 6. The fourth-order valence-corrected chi connectivity index (χ4v) is 12.7. The van der Waals surface area contributed by atoms with Crippen LogP contribution in [-0.4, -0.2) is 205 Å². The molecule has 0 spiro atoms. The second kappa shape index (κ2) is 30.2. The molecule has 1 saturated carbocycles. The van der Waals surface area contributed by atoms with E-state index in [1.165, 1.54) is 24.3 Å². The van der Waals surface area contributed by atoms with Crippen LogP contribution in [-0.2, 0) is 62.2 Å². The molecule has 4 aliphatic heterocycles. The van der Waals surface area contributed by atoms with Crippen LogP contribution in [0.4, 0.5) is 0 Å². The summed E-state index contributed by atoms with van der Waals surface area (Å²) in [4.78, 5) is 136. The number of esters is 1. The van der Waals surface area contributed by atoms with E-state index in [9.17, 15) is 43.2 Å². The molecule has 8 amide bonds. The van der Waals surface area contributed by atoms with Gasteiger partial charge in [0.15, 0.2) is 0 Å². The van der Waals surface area contributed by atoms with E-state index in [2.05, 4.69) is 10.6 Å². The van der Waals surface area contributed by atoms with Gasteiger partial charge in [-0.05, 0) is 81.9 Å². The van der Waals surface area contributed by atoms with Gasteiger partial charge in [0.1, 0.15) is 17.7 Å². The van der Waals surface area contributed by atoms with Crippen molar-refractivity contribution in [2.45, 2.75) is 186 Å². The predicted molar refractivity (Wildman–Crippen MR) is 306 cm³/mol. The molecular weight excluding hydrogens is 1050 g/mol. The van der Waals surface area contributed by atoms with Crippen LogP contribution >= 0.6 is 0 Å². The van der Waals surface area contributed by atoms with E-state index < -0.39 is 47.8 Å². The summed E-state index contributed by atoms with van der Waals surface area (Å²) in [5.74, 6) is -4.15. The summed E-state index contributed by atoms with van der Waals surface area (Å²) in [6.45, 7) is 16.2. The molecule has 456 valence electrons. The van der Waals surface area contributed by atoms with E-state index in [0.29, 0.717) is 90.7 Å². The first-order chi connectivity index (χ1) is 39.1. The fraction of sp³-hybridized carbons (Fsp3) is 0.721. The molecule has 1 aromatic rings. The number of hydroxylamine groups is 2. The molecular formula is C61H94N8O13. The lowest BCUT2D eigenvalue weighted by molar-refractivity contribution is -0.200. The molecule has 1 aliphatic carbocycles. The van der Waals surface area contributed by atoms with Crippen LogP contribution in [0, 0.1) is 23.7 Å². The van der Waals surface area contributed by atoms with Crippen molar-refractivity contribution < 1.29 is 62.2 Å². The zero-order valence-electron chi connectivity index (χ0n) is 50.6. The van der Waals surface area contributed by atoms with Crippen molar-refractivity contribution >= 4 is 53.2 Å². The van der Waals surface area contributed by atoms with Crippen LogP contribution in [0.3, 0.4) is 0 Å². The van der Waals surface area contributed by atoms with Gasteiger partial charge in [0.25, 0.3) is 17.7 Å². The molecule has 6 rings (SSSR count). The number of piperidine rings is 1. The second-order valence-corrected chi connectivity index (χ2v) is 24.0. The van der Waals surface area contributed by atoms with Crippen molar-refractivity contribution in [3.05, 3.63) is 48.0 Å². The van der Waals surface area contributed by atoms with Gasteiger partial charge in [-0.1, -0.05) is 85.2 Å².